The van der Waals surface area contributed by atoms with Gasteiger partial charge in [-0.3, -0.25) is 0 Å². The number of benzene rings is 15. The monoisotopic (exact) mass is 1340 g/mol. The average molecular weight is 1340 g/mol. The minimum Gasteiger partial charge on any atom is -0.309 e. The van der Waals surface area contributed by atoms with Crippen molar-refractivity contribution in [3.63, 3.8) is 0 Å². The number of rotatable bonds is 11. The maximum Gasteiger partial charge on any atom is 0.0788 e. The molecular formula is C100H71N5. The summed E-state index contributed by atoms with van der Waals surface area (Å²) < 4.78 is 9.75. The molecule has 20 aromatic rings. The molecule has 0 amide bonds. The van der Waals surface area contributed by atoms with Gasteiger partial charge in [-0.15, -0.1) is 0 Å². The maximum atomic E-state index is 5.79. The zero-order valence-corrected chi connectivity index (χ0v) is 59.1. The number of fused-ring (bicyclic) bond motifs is 12. The minimum absolute atomic E-state index is 0.898. The van der Waals surface area contributed by atoms with Gasteiger partial charge < -0.3 is 18.3 Å². The highest BCUT2D eigenvalue weighted by Gasteiger charge is 2.28. The molecule has 0 N–H and O–H groups in total. The Morgan fingerprint density at radius 2 is 0.486 bits per heavy atom. The van der Waals surface area contributed by atoms with Crippen LogP contribution in [-0.4, -0.2) is 23.3 Å². The molecule has 5 heterocycles. The Kier molecular flexibility index (Phi) is 14.3. The fraction of sp³-hybridized carbons (Fsp3) is 0.0500. The first-order chi connectivity index (χ1) is 51.6. The van der Waals surface area contributed by atoms with E-state index in [9.17, 15) is 0 Å². The summed E-state index contributed by atoms with van der Waals surface area (Å²) in [7, 11) is 0. The topological polar surface area (TPSA) is 32.6 Å². The van der Waals surface area contributed by atoms with Crippen LogP contribution in [0.1, 0.15) is 27.8 Å². The van der Waals surface area contributed by atoms with Crippen LogP contribution in [0.5, 0.6) is 0 Å². The molecule has 5 nitrogen and oxygen atoms in total. The molecule has 0 bridgehead atoms. The summed E-state index contributed by atoms with van der Waals surface area (Å²) in [6, 6.07) is 127. The van der Waals surface area contributed by atoms with Crippen LogP contribution >= 0.6 is 0 Å². The van der Waals surface area contributed by atoms with Crippen LogP contribution in [0.3, 0.4) is 0 Å². The van der Waals surface area contributed by atoms with Gasteiger partial charge in [-0.25, -0.2) is 4.98 Å². The first-order valence-corrected chi connectivity index (χ1v) is 36.4. The van der Waals surface area contributed by atoms with Crippen molar-refractivity contribution in [2.45, 2.75) is 34.6 Å². The summed E-state index contributed by atoms with van der Waals surface area (Å²) in [5.41, 5.74) is 34.7. The summed E-state index contributed by atoms with van der Waals surface area (Å²) in [6.45, 7) is 10.9. The van der Waals surface area contributed by atoms with E-state index >= 15 is 0 Å². The number of pyridine rings is 1. The van der Waals surface area contributed by atoms with Gasteiger partial charge in [0.15, 0.2) is 0 Å². The van der Waals surface area contributed by atoms with E-state index in [4.69, 9.17) is 4.98 Å². The third-order valence-electron chi connectivity index (χ3n) is 21.9. The SMILES string of the molecule is Cc1ccc2c(c1)c1ccccc1n2-c1ccc(-c2cc(-c3ccc(-c4ccccc4)nc3-c3ccccc3)c(-c3ccc(-n4c5ccccc5c5cc(C)ccc54)cc3)c(-c3ccc(-n4c5ccccc5c5cc(C)ccc54)cc3)c2-c2ccc(-n3c4ccc(C)cc4c4cc(C)ccc43)cc2)cc1. The molecular weight excluding hydrogens is 1270 g/mol. The highest BCUT2D eigenvalue weighted by molar-refractivity contribution is 6.14. The molecule has 0 radical (unpaired) electrons. The summed E-state index contributed by atoms with van der Waals surface area (Å²) in [6.07, 6.45) is 0. The average Bonchev–Trinajstić information content (AvgIpc) is 1.68. The largest absolute Gasteiger partial charge is 0.309 e. The molecule has 0 aliphatic carbocycles. The first-order valence-electron chi connectivity index (χ1n) is 36.4. The van der Waals surface area contributed by atoms with Crippen molar-refractivity contribution >= 4 is 87.2 Å². The van der Waals surface area contributed by atoms with Crippen LogP contribution in [0, 0.1) is 34.6 Å². The van der Waals surface area contributed by atoms with Gasteiger partial charge in [0.05, 0.1) is 55.5 Å². The Balaban J connectivity index is 0.903. The number of para-hydroxylation sites is 3. The third kappa shape index (κ3) is 10.1. The molecule has 15 aromatic carbocycles. The van der Waals surface area contributed by atoms with Crippen LogP contribution in [0.4, 0.5) is 0 Å². The molecule has 0 aliphatic heterocycles. The van der Waals surface area contributed by atoms with Crippen LogP contribution in [0.2, 0.25) is 0 Å². The molecule has 5 aromatic heterocycles. The van der Waals surface area contributed by atoms with Gasteiger partial charge in [0.25, 0.3) is 0 Å². The predicted molar refractivity (Wildman–Crippen MR) is 443 cm³/mol. The molecule has 105 heavy (non-hydrogen) atoms. The van der Waals surface area contributed by atoms with Gasteiger partial charge in [0.1, 0.15) is 0 Å². The van der Waals surface area contributed by atoms with Gasteiger partial charge in [-0.1, -0.05) is 222 Å². The highest BCUT2D eigenvalue weighted by atomic mass is 15.0. The lowest BCUT2D eigenvalue weighted by Crippen LogP contribution is -2.02. The van der Waals surface area contributed by atoms with Gasteiger partial charge in [-0.2, -0.15) is 0 Å². The standard InChI is InChI=1S/C100H71N5/c1-62-28-51-92-82(56-62)77-22-12-15-25-89(77)102(92)73-41-33-67(34-42-73)81-61-87(80-49-50-88(68-18-8-6-9-19-68)101-100(80)72-20-10-7-11-21-72)98(70-37-45-74(46-38-70)103-90-26-16-13-23-78(90)83-57-63(2)29-52-93(83)103)99(71-39-47-75(48-40-71)104-91-27-17-14-24-79(91)84-58-64(3)30-53-94(84)104)97(81)69-35-43-76(44-36-69)105-95-54-31-65(4)59-85(95)86-60-66(5)32-55-96(86)105/h6-61H,1-5H3. The zero-order chi connectivity index (χ0) is 70.1. The number of aryl methyl sites for hydroxylation is 5. The number of nitrogens with zero attached hydrogens (tertiary/aromatic N) is 5. The van der Waals surface area contributed by atoms with E-state index < -0.39 is 0 Å². The summed E-state index contributed by atoms with van der Waals surface area (Å²) in [4.78, 5) is 5.79. The van der Waals surface area contributed by atoms with Crippen molar-refractivity contribution in [1.82, 2.24) is 23.3 Å². The van der Waals surface area contributed by atoms with Gasteiger partial charge in [0, 0.05) is 82.5 Å². The van der Waals surface area contributed by atoms with Crippen molar-refractivity contribution in [2.24, 2.45) is 0 Å². The zero-order valence-electron chi connectivity index (χ0n) is 59.1. The normalized spacial score (nSPS) is 11.9. The summed E-state index contributed by atoms with van der Waals surface area (Å²) >= 11 is 0. The van der Waals surface area contributed by atoms with Crippen LogP contribution in [0.25, 0.3) is 188 Å². The van der Waals surface area contributed by atoms with E-state index in [1.807, 2.05) is 0 Å². The van der Waals surface area contributed by atoms with Gasteiger partial charge >= 0.3 is 0 Å². The number of hydrogen-bond acceptors (Lipinski definition) is 1. The molecule has 0 atom stereocenters. The fourth-order valence-corrected chi connectivity index (χ4v) is 17.0. The number of hydrogen-bond donors (Lipinski definition) is 0. The van der Waals surface area contributed by atoms with Crippen molar-refractivity contribution in [3.05, 3.63) is 368 Å². The van der Waals surface area contributed by atoms with E-state index in [2.05, 4.69) is 393 Å². The highest BCUT2D eigenvalue weighted by Crippen LogP contribution is 2.53. The van der Waals surface area contributed by atoms with E-state index in [1.54, 1.807) is 0 Å². The molecule has 5 heteroatoms. The molecule has 0 aliphatic rings. The number of aromatic nitrogens is 5. The Morgan fingerprint density at radius 1 is 0.190 bits per heavy atom. The van der Waals surface area contributed by atoms with Crippen LogP contribution < -0.4 is 0 Å². The van der Waals surface area contributed by atoms with Crippen LogP contribution in [-0.2, 0) is 0 Å². The Labute approximate surface area is 609 Å². The lowest BCUT2D eigenvalue weighted by Gasteiger charge is -2.26. The second-order valence-corrected chi connectivity index (χ2v) is 28.6. The fourth-order valence-electron chi connectivity index (χ4n) is 17.0. The molecule has 496 valence electrons. The lowest BCUT2D eigenvalue weighted by atomic mass is 9.78. The van der Waals surface area contributed by atoms with Gasteiger partial charge in [0.2, 0.25) is 0 Å². The Hall–Kier alpha value is -13.4. The van der Waals surface area contributed by atoms with E-state index in [0.29, 0.717) is 0 Å². The maximum absolute atomic E-state index is 5.79. The van der Waals surface area contributed by atoms with Crippen LogP contribution in [0.15, 0.2) is 340 Å². The Bertz CT molecular complexity index is 6820. The predicted octanol–water partition coefficient (Wildman–Crippen LogP) is 26.7. The van der Waals surface area contributed by atoms with E-state index in [-0.39, 0.29) is 0 Å². The summed E-state index contributed by atoms with van der Waals surface area (Å²) in [5, 5.41) is 9.94. The molecule has 0 spiro atoms. The first kappa shape index (κ1) is 61.5. The lowest BCUT2D eigenvalue weighted by molar-refractivity contribution is 1.18. The van der Waals surface area contributed by atoms with Crippen molar-refractivity contribution in [3.8, 4) is 101 Å². The second-order valence-electron chi connectivity index (χ2n) is 28.6. The Morgan fingerprint density at radius 3 is 0.857 bits per heavy atom. The molecule has 0 saturated carbocycles. The molecule has 0 unspecified atom stereocenters. The van der Waals surface area contributed by atoms with Crippen molar-refractivity contribution < 1.29 is 0 Å². The minimum atomic E-state index is 0.898. The molecule has 0 fully saturated rings. The van der Waals surface area contributed by atoms with Crippen molar-refractivity contribution in [2.75, 3.05) is 0 Å². The smallest absolute Gasteiger partial charge is 0.0788 e. The molecule has 0 saturated heterocycles. The summed E-state index contributed by atoms with van der Waals surface area (Å²) in [5.74, 6) is 0. The second kappa shape index (κ2) is 24.4. The van der Waals surface area contributed by atoms with E-state index in [1.165, 1.54) is 115 Å². The van der Waals surface area contributed by atoms with Crippen molar-refractivity contribution in [1.29, 1.82) is 0 Å². The quantitative estimate of drug-likeness (QED) is 0.127. The van der Waals surface area contributed by atoms with Gasteiger partial charge in [-0.05, 0) is 230 Å². The molecule has 20 rings (SSSR count). The van der Waals surface area contributed by atoms with E-state index in [0.717, 1.165) is 101 Å². The third-order valence-corrected chi connectivity index (χ3v) is 21.9.